The number of nitrogens with zero attached hydrogens (tertiary/aromatic N) is 1. The first-order valence-electron chi connectivity index (χ1n) is 4.53. The third-order valence-corrected chi connectivity index (χ3v) is 2.61. The van der Waals surface area contributed by atoms with E-state index in [2.05, 4.69) is 9.97 Å². The number of nitrogens with one attached hydrogen (secondary N) is 1. The molecular formula is C10H11ClN2O. The number of halogens is 1. The van der Waals surface area contributed by atoms with Crippen LogP contribution in [0, 0.1) is 0 Å². The van der Waals surface area contributed by atoms with Crippen LogP contribution < -0.4 is 0 Å². The Morgan fingerprint density at radius 2 is 2.43 bits per heavy atom. The van der Waals surface area contributed by atoms with Crippen molar-refractivity contribution in [3.05, 3.63) is 29.0 Å². The highest BCUT2D eigenvalue weighted by Crippen LogP contribution is 2.30. The van der Waals surface area contributed by atoms with E-state index < -0.39 is 6.10 Å². The maximum atomic E-state index is 9.73. The molecule has 14 heavy (non-hydrogen) atoms. The summed E-state index contributed by atoms with van der Waals surface area (Å²) in [6.45, 7) is 1.92. The van der Waals surface area contributed by atoms with Crippen LogP contribution >= 0.6 is 11.6 Å². The molecule has 74 valence electrons. The number of fused-ring (bicyclic) bond motifs is 1. The van der Waals surface area contributed by atoms with E-state index in [1.54, 1.807) is 18.5 Å². The molecule has 2 N–H and O–H groups in total. The van der Waals surface area contributed by atoms with Gasteiger partial charge in [0.05, 0.1) is 11.1 Å². The van der Waals surface area contributed by atoms with Crippen molar-refractivity contribution in [3.8, 4) is 0 Å². The van der Waals surface area contributed by atoms with Crippen molar-refractivity contribution in [2.24, 2.45) is 0 Å². The fraction of sp³-hybridized carbons (Fsp3) is 0.300. The average Bonchev–Trinajstić information content (AvgIpc) is 2.62. The van der Waals surface area contributed by atoms with E-state index in [9.17, 15) is 5.11 Å². The van der Waals surface area contributed by atoms with Gasteiger partial charge in [-0.25, -0.2) is 4.98 Å². The zero-order chi connectivity index (χ0) is 10.1. The van der Waals surface area contributed by atoms with Gasteiger partial charge in [-0.2, -0.15) is 0 Å². The van der Waals surface area contributed by atoms with Gasteiger partial charge in [-0.05, 0) is 12.5 Å². The predicted octanol–water partition coefficient (Wildman–Crippen LogP) is 2.66. The second kappa shape index (κ2) is 3.59. The zero-order valence-electron chi connectivity index (χ0n) is 7.79. The third-order valence-electron chi connectivity index (χ3n) is 2.30. The van der Waals surface area contributed by atoms with Crippen LogP contribution in [0.2, 0.25) is 5.02 Å². The molecule has 0 fully saturated rings. The molecular weight excluding hydrogens is 200 g/mol. The monoisotopic (exact) mass is 210 g/mol. The van der Waals surface area contributed by atoms with Gasteiger partial charge in [0, 0.05) is 23.3 Å². The van der Waals surface area contributed by atoms with Crippen LogP contribution in [0.3, 0.4) is 0 Å². The van der Waals surface area contributed by atoms with Crippen molar-refractivity contribution in [2.45, 2.75) is 19.4 Å². The summed E-state index contributed by atoms with van der Waals surface area (Å²) in [6, 6.07) is 1.73. The van der Waals surface area contributed by atoms with E-state index in [1.807, 2.05) is 6.92 Å². The highest BCUT2D eigenvalue weighted by molar-refractivity contribution is 6.35. The summed E-state index contributed by atoms with van der Waals surface area (Å²) >= 11 is 6.03. The van der Waals surface area contributed by atoms with Crippen molar-refractivity contribution in [1.29, 1.82) is 0 Å². The van der Waals surface area contributed by atoms with Crippen molar-refractivity contribution in [2.75, 3.05) is 0 Å². The number of aromatic amines is 1. The quantitative estimate of drug-likeness (QED) is 0.801. The molecule has 2 aromatic rings. The van der Waals surface area contributed by atoms with Crippen molar-refractivity contribution in [1.82, 2.24) is 9.97 Å². The van der Waals surface area contributed by atoms with E-state index in [-0.39, 0.29) is 0 Å². The first kappa shape index (κ1) is 9.49. The first-order valence-corrected chi connectivity index (χ1v) is 4.91. The normalized spacial score (nSPS) is 13.4. The average molecular weight is 211 g/mol. The smallest absolute Gasteiger partial charge is 0.139 e. The van der Waals surface area contributed by atoms with Gasteiger partial charge < -0.3 is 10.1 Å². The number of aliphatic hydroxyl groups excluding tert-OH is 1. The van der Waals surface area contributed by atoms with Gasteiger partial charge in [0.15, 0.2) is 0 Å². The fourth-order valence-corrected chi connectivity index (χ4v) is 1.78. The van der Waals surface area contributed by atoms with Crippen LogP contribution in [0.5, 0.6) is 0 Å². The van der Waals surface area contributed by atoms with Gasteiger partial charge in [0.25, 0.3) is 0 Å². The van der Waals surface area contributed by atoms with Crippen molar-refractivity contribution in [3.63, 3.8) is 0 Å². The van der Waals surface area contributed by atoms with E-state index in [0.717, 1.165) is 16.6 Å². The maximum absolute atomic E-state index is 9.73. The molecule has 0 unspecified atom stereocenters. The number of H-pyrrole nitrogens is 1. The molecule has 0 bridgehead atoms. The summed E-state index contributed by atoms with van der Waals surface area (Å²) in [7, 11) is 0. The molecule has 0 spiro atoms. The van der Waals surface area contributed by atoms with E-state index in [0.29, 0.717) is 11.4 Å². The van der Waals surface area contributed by atoms with Crippen molar-refractivity contribution < 1.29 is 5.11 Å². The van der Waals surface area contributed by atoms with E-state index in [4.69, 9.17) is 11.6 Å². The molecule has 4 heteroatoms. The standard InChI is InChI=1S/C10H11ClN2O/c1-2-8(14)6-5-13-10-9(6)7(11)3-4-12-10/h3-5,8,14H,2H2,1H3,(H,12,13)/t8-/m1/s1. The lowest BCUT2D eigenvalue weighted by atomic mass is 10.1. The molecule has 0 saturated carbocycles. The van der Waals surface area contributed by atoms with Gasteiger partial charge in [-0.15, -0.1) is 0 Å². The third kappa shape index (κ3) is 1.38. The topological polar surface area (TPSA) is 48.9 Å². The van der Waals surface area contributed by atoms with E-state index in [1.165, 1.54) is 0 Å². The fourth-order valence-electron chi connectivity index (χ4n) is 1.52. The van der Waals surface area contributed by atoms with Gasteiger partial charge in [0.2, 0.25) is 0 Å². The lowest BCUT2D eigenvalue weighted by molar-refractivity contribution is 0.175. The van der Waals surface area contributed by atoms with Crippen LogP contribution in [0.15, 0.2) is 18.5 Å². The highest BCUT2D eigenvalue weighted by atomic mass is 35.5. The first-order chi connectivity index (χ1) is 6.74. The molecule has 0 aliphatic rings. The Hall–Kier alpha value is -1.06. The summed E-state index contributed by atoms with van der Waals surface area (Å²) in [5.74, 6) is 0. The van der Waals surface area contributed by atoms with Gasteiger partial charge in [-0.3, -0.25) is 0 Å². The number of aromatic nitrogens is 2. The molecule has 0 aliphatic heterocycles. The molecule has 2 heterocycles. The molecule has 2 rings (SSSR count). The Bertz CT molecular complexity index is 452. The Kier molecular flexibility index (Phi) is 2.44. The summed E-state index contributed by atoms with van der Waals surface area (Å²) in [5.41, 5.74) is 1.54. The number of rotatable bonds is 2. The van der Waals surface area contributed by atoms with Gasteiger partial charge in [-0.1, -0.05) is 18.5 Å². The second-order valence-corrected chi connectivity index (χ2v) is 3.59. The van der Waals surface area contributed by atoms with Crippen molar-refractivity contribution >= 4 is 22.6 Å². The summed E-state index contributed by atoms with van der Waals surface area (Å²) in [4.78, 5) is 7.12. The molecule has 0 saturated heterocycles. The Balaban J connectivity index is 2.67. The van der Waals surface area contributed by atoms with Crippen LogP contribution in [-0.2, 0) is 0 Å². The molecule has 0 radical (unpaired) electrons. The Morgan fingerprint density at radius 1 is 1.64 bits per heavy atom. The summed E-state index contributed by atoms with van der Waals surface area (Å²) in [5, 5.41) is 11.2. The van der Waals surface area contributed by atoms with Gasteiger partial charge >= 0.3 is 0 Å². The Labute approximate surface area is 86.7 Å². The molecule has 1 atom stereocenters. The van der Waals surface area contributed by atoms with Crippen LogP contribution in [0.4, 0.5) is 0 Å². The Morgan fingerprint density at radius 3 is 3.14 bits per heavy atom. The SMILES string of the molecule is CC[C@@H](O)c1c[nH]c2nccc(Cl)c12. The maximum Gasteiger partial charge on any atom is 0.139 e. The minimum atomic E-state index is -0.481. The van der Waals surface area contributed by atoms with Gasteiger partial charge in [0.1, 0.15) is 5.65 Å². The number of pyridine rings is 1. The second-order valence-electron chi connectivity index (χ2n) is 3.18. The molecule has 3 nitrogen and oxygen atoms in total. The largest absolute Gasteiger partial charge is 0.388 e. The lowest BCUT2D eigenvalue weighted by Crippen LogP contribution is -1.93. The summed E-state index contributed by atoms with van der Waals surface area (Å²) < 4.78 is 0. The van der Waals surface area contributed by atoms with Crippen LogP contribution in [0.25, 0.3) is 11.0 Å². The number of hydrogen-bond donors (Lipinski definition) is 2. The van der Waals surface area contributed by atoms with Crippen LogP contribution in [-0.4, -0.2) is 15.1 Å². The molecule has 0 aromatic carbocycles. The summed E-state index contributed by atoms with van der Waals surface area (Å²) in [6.07, 6.45) is 3.59. The predicted molar refractivity (Wildman–Crippen MR) is 56.4 cm³/mol. The minimum Gasteiger partial charge on any atom is -0.388 e. The zero-order valence-corrected chi connectivity index (χ0v) is 8.54. The highest BCUT2D eigenvalue weighted by Gasteiger charge is 2.13. The molecule has 0 aliphatic carbocycles. The lowest BCUT2D eigenvalue weighted by Gasteiger charge is -2.05. The van der Waals surface area contributed by atoms with Crippen LogP contribution in [0.1, 0.15) is 25.0 Å². The number of aliphatic hydroxyl groups is 1. The molecule has 0 amide bonds. The molecule has 2 aromatic heterocycles. The number of hydrogen-bond acceptors (Lipinski definition) is 2. The minimum absolute atomic E-state index is 0.481. The van der Waals surface area contributed by atoms with E-state index >= 15 is 0 Å².